The molecule has 23 heavy (non-hydrogen) atoms. The van der Waals surface area contributed by atoms with Crippen molar-refractivity contribution in [1.29, 1.82) is 0 Å². The molecule has 2 aliphatic heterocycles. The molecule has 3 heteroatoms. The standard InChI is InChI=1S/C20H22FNO/c21-17-8-6-16(7-9-17)20(23)12-18-10-11-19(13-20)22(18)14-15-4-2-1-3-5-15/h1-9,18-19,23H,10-14H2. The lowest BCUT2D eigenvalue weighted by molar-refractivity contribution is -0.0595. The van der Waals surface area contributed by atoms with Crippen LogP contribution in [0.2, 0.25) is 0 Å². The Morgan fingerprint density at radius 1 is 0.957 bits per heavy atom. The van der Waals surface area contributed by atoms with E-state index in [2.05, 4.69) is 29.2 Å². The molecule has 0 amide bonds. The zero-order valence-electron chi connectivity index (χ0n) is 13.2. The third-order valence-electron chi connectivity index (χ3n) is 5.51. The van der Waals surface area contributed by atoms with E-state index in [4.69, 9.17) is 0 Å². The molecule has 4 rings (SSSR count). The van der Waals surface area contributed by atoms with Crippen molar-refractivity contribution < 1.29 is 9.50 Å². The number of rotatable bonds is 3. The summed E-state index contributed by atoms with van der Waals surface area (Å²) >= 11 is 0. The Balaban J connectivity index is 1.54. The minimum absolute atomic E-state index is 0.248. The number of aliphatic hydroxyl groups is 1. The summed E-state index contributed by atoms with van der Waals surface area (Å²) in [5.74, 6) is -0.248. The summed E-state index contributed by atoms with van der Waals surface area (Å²) in [5.41, 5.74) is 1.37. The highest BCUT2D eigenvalue weighted by Gasteiger charge is 2.48. The van der Waals surface area contributed by atoms with E-state index in [0.29, 0.717) is 12.1 Å². The van der Waals surface area contributed by atoms with E-state index in [0.717, 1.165) is 37.8 Å². The molecule has 2 bridgehead atoms. The summed E-state index contributed by atoms with van der Waals surface area (Å²) in [6.07, 6.45) is 3.76. The Morgan fingerprint density at radius 3 is 2.17 bits per heavy atom. The fourth-order valence-corrected chi connectivity index (χ4v) is 4.36. The summed E-state index contributed by atoms with van der Waals surface area (Å²) in [4.78, 5) is 2.55. The van der Waals surface area contributed by atoms with Crippen molar-refractivity contribution in [2.45, 2.75) is 49.9 Å². The van der Waals surface area contributed by atoms with Crippen molar-refractivity contribution in [3.63, 3.8) is 0 Å². The van der Waals surface area contributed by atoms with E-state index in [1.807, 2.05) is 6.07 Å². The van der Waals surface area contributed by atoms with Gasteiger partial charge in [-0.3, -0.25) is 4.90 Å². The van der Waals surface area contributed by atoms with E-state index in [1.165, 1.54) is 17.7 Å². The average Bonchev–Trinajstić information content (AvgIpc) is 2.80. The first-order valence-corrected chi connectivity index (χ1v) is 8.42. The van der Waals surface area contributed by atoms with Gasteiger partial charge in [-0.25, -0.2) is 4.39 Å². The lowest BCUT2D eigenvalue weighted by Crippen LogP contribution is -2.49. The first kappa shape index (κ1) is 14.9. The molecular weight excluding hydrogens is 289 g/mol. The second-order valence-electron chi connectivity index (χ2n) is 6.99. The monoisotopic (exact) mass is 311 g/mol. The van der Waals surface area contributed by atoms with Crippen LogP contribution in [-0.2, 0) is 12.1 Å². The molecule has 2 aromatic rings. The summed E-state index contributed by atoms with van der Waals surface area (Å²) in [6.45, 7) is 0.954. The lowest BCUT2D eigenvalue weighted by atomic mass is 9.80. The van der Waals surface area contributed by atoms with Gasteiger partial charge in [0.2, 0.25) is 0 Å². The van der Waals surface area contributed by atoms with Gasteiger partial charge >= 0.3 is 0 Å². The molecule has 120 valence electrons. The summed E-state index contributed by atoms with van der Waals surface area (Å²) in [7, 11) is 0. The molecule has 2 aliphatic rings. The Kier molecular flexibility index (Phi) is 3.70. The van der Waals surface area contributed by atoms with Crippen LogP contribution in [0.5, 0.6) is 0 Å². The molecule has 2 fully saturated rings. The molecule has 0 radical (unpaired) electrons. The van der Waals surface area contributed by atoms with Crippen LogP contribution in [0.15, 0.2) is 54.6 Å². The molecule has 0 spiro atoms. The van der Waals surface area contributed by atoms with Gasteiger partial charge in [0, 0.05) is 18.6 Å². The number of benzene rings is 2. The molecule has 2 unspecified atom stereocenters. The summed E-state index contributed by atoms with van der Waals surface area (Å²) in [5, 5.41) is 11.1. The SMILES string of the molecule is OC1(c2ccc(F)cc2)CC2CCC(C1)N2Cc1ccccc1. The molecule has 2 aromatic carbocycles. The highest BCUT2D eigenvalue weighted by molar-refractivity contribution is 5.26. The average molecular weight is 311 g/mol. The molecule has 0 saturated carbocycles. The zero-order valence-corrected chi connectivity index (χ0v) is 13.2. The second kappa shape index (κ2) is 5.73. The molecule has 2 nitrogen and oxygen atoms in total. The van der Waals surface area contributed by atoms with Gasteiger partial charge in [0.15, 0.2) is 0 Å². The van der Waals surface area contributed by atoms with Crippen LogP contribution in [0.25, 0.3) is 0 Å². The van der Waals surface area contributed by atoms with Crippen molar-refractivity contribution in [2.24, 2.45) is 0 Å². The van der Waals surface area contributed by atoms with Gasteiger partial charge in [0.05, 0.1) is 5.60 Å². The summed E-state index contributed by atoms with van der Waals surface area (Å²) < 4.78 is 13.2. The Labute approximate surface area is 136 Å². The Bertz CT molecular complexity index is 656. The maximum atomic E-state index is 13.2. The van der Waals surface area contributed by atoms with Gasteiger partial charge in [-0.15, -0.1) is 0 Å². The molecule has 2 heterocycles. The van der Waals surface area contributed by atoms with Gasteiger partial charge in [-0.1, -0.05) is 42.5 Å². The van der Waals surface area contributed by atoms with Crippen LogP contribution in [0, 0.1) is 5.82 Å². The van der Waals surface area contributed by atoms with E-state index in [-0.39, 0.29) is 5.82 Å². The maximum absolute atomic E-state index is 13.2. The van der Waals surface area contributed by atoms with E-state index < -0.39 is 5.60 Å². The van der Waals surface area contributed by atoms with Gasteiger partial charge in [0.25, 0.3) is 0 Å². The third kappa shape index (κ3) is 2.79. The fraction of sp³-hybridized carbons (Fsp3) is 0.400. The van der Waals surface area contributed by atoms with Gasteiger partial charge in [0.1, 0.15) is 5.82 Å². The Hall–Kier alpha value is -1.71. The van der Waals surface area contributed by atoms with Crippen molar-refractivity contribution in [2.75, 3.05) is 0 Å². The zero-order chi connectivity index (χ0) is 15.9. The number of hydrogen-bond acceptors (Lipinski definition) is 2. The molecule has 1 N–H and O–H groups in total. The third-order valence-corrected chi connectivity index (χ3v) is 5.51. The second-order valence-corrected chi connectivity index (χ2v) is 6.99. The number of piperidine rings is 1. The maximum Gasteiger partial charge on any atom is 0.123 e. The van der Waals surface area contributed by atoms with Gasteiger partial charge in [-0.2, -0.15) is 0 Å². The highest BCUT2D eigenvalue weighted by Crippen LogP contribution is 2.46. The minimum Gasteiger partial charge on any atom is -0.385 e. The van der Waals surface area contributed by atoms with Crippen molar-refractivity contribution >= 4 is 0 Å². The smallest absolute Gasteiger partial charge is 0.123 e. The minimum atomic E-state index is -0.813. The van der Waals surface area contributed by atoms with Crippen LogP contribution in [0.3, 0.4) is 0 Å². The molecule has 2 saturated heterocycles. The molecule has 0 aromatic heterocycles. The molecule has 0 aliphatic carbocycles. The molecular formula is C20H22FNO. The van der Waals surface area contributed by atoms with Crippen LogP contribution < -0.4 is 0 Å². The first-order chi connectivity index (χ1) is 11.1. The predicted octanol–water partition coefficient (Wildman–Crippen LogP) is 3.84. The predicted molar refractivity (Wildman–Crippen MR) is 88.3 cm³/mol. The van der Waals surface area contributed by atoms with Crippen LogP contribution in [0.4, 0.5) is 4.39 Å². The number of halogens is 1. The van der Waals surface area contributed by atoms with Crippen molar-refractivity contribution in [3.05, 3.63) is 71.5 Å². The molecule has 2 atom stereocenters. The van der Waals surface area contributed by atoms with E-state index >= 15 is 0 Å². The van der Waals surface area contributed by atoms with Gasteiger partial charge < -0.3 is 5.11 Å². The normalized spacial score (nSPS) is 30.5. The van der Waals surface area contributed by atoms with Crippen LogP contribution in [0.1, 0.15) is 36.8 Å². The fourth-order valence-electron chi connectivity index (χ4n) is 4.36. The van der Waals surface area contributed by atoms with Crippen LogP contribution in [-0.4, -0.2) is 22.1 Å². The lowest BCUT2D eigenvalue weighted by Gasteiger charge is -2.44. The Morgan fingerprint density at radius 2 is 1.57 bits per heavy atom. The van der Waals surface area contributed by atoms with E-state index in [1.54, 1.807) is 12.1 Å². The topological polar surface area (TPSA) is 23.5 Å². The first-order valence-electron chi connectivity index (χ1n) is 8.42. The van der Waals surface area contributed by atoms with E-state index in [9.17, 15) is 9.50 Å². The number of nitrogens with zero attached hydrogens (tertiary/aromatic N) is 1. The quantitative estimate of drug-likeness (QED) is 0.931. The van der Waals surface area contributed by atoms with Crippen molar-refractivity contribution in [1.82, 2.24) is 4.90 Å². The largest absolute Gasteiger partial charge is 0.385 e. The number of hydrogen-bond donors (Lipinski definition) is 1. The number of fused-ring (bicyclic) bond motifs is 2. The highest BCUT2D eigenvalue weighted by atomic mass is 19.1. The van der Waals surface area contributed by atoms with Gasteiger partial charge in [-0.05, 0) is 48.9 Å². The summed E-state index contributed by atoms with van der Waals surface area (Å²) in [6, 6.07) is 17.7. The van der Waals surface area contributed by atoms with Crippen LogP contribution >= 0.6 is 0 Å². The van der Waals surface area contributed by atoms with Crippen molar-refractivity contribution in [3.8, 4) is 0 Å².